The van der Waals surface area contributed by atoms with Gasteiger partial charge in [0.2, 0.25) is 5.91 Å². The minimum atomic E-state index is -0.261. The Morgan fingerprint density at radius 1 is 1.43 bits per heavy atom. The summed E-state index contributed by atoms with van der Waals surface area (Å²) < 4.78 is 0. The number of carbonyl (C=O) groups excluding carboxylic acids is 1. The van der Waals surface area contributed by atoms with Crippen molar-refractivity contribution in [3.63, 3.8) is 0 Å². The maximum Gasteiger partial charge on any atom is 0.236 e. The van der Waals surface area contributed by atoms with Crippen LogP contribution in [0, 0.1) is 22.7 Å². The molecule has 0 aliphatic heterocycles. The van der Waals surface area contributed by atoms with Gasteiger partial charge in [-0.2, -0.15) is 10.5 Å². The van der Waals surface area contributed by atoms with Crippen LogP contribution < -0.4 is 11.1 Å². The molecule has 2 heterocycles. The Kier molecular flexibility index (Phi) is 4.72. The van der Waals surface area contributed by atoms with Gasteiger partial charge in [0, 0.05) is 11.6 Å². The molecule has 0 radical (unpaired) electrons. The topological polar surface area (TPSA) is 128 Å². The van der Waals surface area contributed by atoms with Crippen LogP contribution in [0.1, 0.15) is 11.1 Å². The van der Waals surface area contributed by atoms with E-state index >= 15 is 0 Å². The first-order chi connectivity index (χ1) is 10.1. The minimum absolute atomic E-state index is 0.0410. The lowest BCUT2D eigenvalue weighted by atomic mass is 10.2. The van der Waals surface area contributed by atoms with Gasteiger partial charge in [0.15, 0.2) is 5.13 Å². The highest BCUT2D eigenvalue weighted by Gasteiger charge is 2.12. The molecule has 0 aliphatic carbocycles. The van der Waals surface area contributed by atoms with Crippen LogP contribution in [-0.4, -0.2) is 21.6 Å². The number of nitriles is 2. The summed E-state index contributed by atoms with van der Waals surface area (Å²) >= 11 is 2.39. The van der Waals surface area contributed by atoms with Crippen molar-refractivity contribution in [1.29, 1.82) is 10.5 Å². The van der Waals surface area contributed by atoms with Gasteiger partial charge in [-0.05, 0) is 6.07 Å². The third-order valence-corrected chi connectivity index (χ3v) is 3.96. The van der Waals surface area contributed by atoms with Gasteiger partial charge in [-0.3, -0.25) is 4.79 Å². The molecule has 0 atom stereocenters. The van der Waals surface area contributed by atoms with Crippen molar-refractivity contribution in [3.05, 3.63) is 28.8 Å². The average molecular weight is 316 g/mol. The van der Waals surface area contributed by atoms with Crippen LogP contribution in [-0.2, 0) is 4.79 Å². The maximum atomic E-state index is 11.7. The van der Waals surface area contributed by atoms with E-state index in [-0.39, 0.29) is 28.6 Å². The number of nitrogens with two attached hydrogens (primary N) is 1. The molecule has 0 aromatic carbocycles. The molecule has 1 amide bonds. The predicted octanol–water partition coefficient (Wildman–Crippen LogP) is 1.59. The molecular formula is C12H8N6OS2. The molecule has 0 aliphatic rings. The lowest BCUT2D eigenvalue weighted by molar-refractivity contribution is -0.113. The van der Waals surface area contributed by atoms with E-state index < -0.39 is 0 Å². The summed E-state index contributed by atoms with van der Waals surface area (Å²) in [6.07, 6.45) is 1.59. The zero-order valence-corrected chi connectivity index (χ0v) is 12.2. The van der Waals surface area contributed by atoms with Gasteiger partial charge in [0.05, 0.1) is 16.9 Å². The Morgan fingerprint density at radius 3 is 2.81 bits per heavy atom. The van der Waals surface area contributed by atoms with Crippen LogP contribution in [0.5, 0.6) is 0 Å². The number of hydrogen-bond donors (Lipinski definition) is 2. The van der Waals surface area contributed by atoms with Crippen LogP contribution >= 0.6 is 23.1 Å². The molecule has 2 aromatic rings. The van der Waals surface area contributed by atoms with Gasteiger partial charge in [0.25, 0.3) is 0 Å². The second-order valence-electron chi connectivity index (χ2n) is 3.67. The first-order valence-corrected chi connectivity index (χ1v) is 7.43. The Morgan fingerprint density at radius 2 is 2.19 bits per heavy atom. The second kappa shape index (κ2) is 6.70. The molecule has 21 heavy (non-hydrogen) atoms. The van der Waals surface area contributed by atoms with Crippen LogP contribution in [0.4, 0.5) is 10.9 Å². The Labute approximate surface area is 128 Å². The van der Waals surface area contributed by atoms with Crippen LogP contribution in [0.3, 0.4) is 0 Å². The highest BCUT2D eigenvalue weighted by Crippen LogP contribution is 2.24. The number of nitrogens with one attached hydrogen (secondary N) is 1. The second-order valence-corrected chi connectivity index (χ2v) is 5.53. The molecule has 7 nitrogen and oxygen atoms in total. The number of nitrogen functional groups attached to an aromatic ring is 1. The normalized spacial score (nSPS) is 9.62. The monoisotopic (exact) mass is 316 g/mol. The molecule has 0 spiro atoms. The van der Waals surface area contributed by atoms with E-state index in [2.05, 4.69) is 15.3 Å². The summed E-state index contributed by atoms with van der Waals surface area (Å²) in [7, 11) is 0. The SMILES string of the molecule is N#Cc1cc(C#N)c(SCC(=O)Nc2nccs2)nc1N. The predicted molar refractivity (Wildman–Crippen MR) is 79.5 cm³/mol. The molecule has 2 rings (SSSR count). The third-order valence-electron chi connectivity index (χ3n) is 2.28. The summed E-state index contributed by atoms with van der Waals surface area (Å²) in [4.78, 5) is 19.7. The fourth-order valence-electron chi connectivity index (χ4n) is 1.36. The summed E-state index contributed by atoms with van der Waals surface area (Å²) in [6.45, 7) is 0. The summed E-state index contributed by atoms with van der Waals surface area (Å²) in [6, 6.07) is 5.16. The number of amides is 1. The number of rotatable bonds is 4. The van der Waals surface area contributed by atoms with Gasteiger partial charge in [-0.25, -0.2) is 9.97 Å². The number of hydrogen-bond acceptors (Lipinski definition) is 8. The summed E-state index contributed by atoms with van der Waals surface area (Å²) in [5.41, 5.74) is 5.96. The number of nitrogens with zero attached hydrogens (tertiary/aromatic N) is 4. The number of aromatic nitrogens is 2. The number of thiazole rings is 1. The lowest BCUT2D eigenvalue weighted by Gasteiger charge is -2.05. The molecular weight excluding hydrogens is 308 g/mol. The number of pyridine rings is 1. The minimum Gasteiger partial charge on any atom is -0.383 e. The number of thioether (sulfide) groups is 1. The van der Waals surface area contributed by atoms with Gasteiger partial charge < -0.3 is 11.1 Å². The van der Waals surface area contributed by atoms with Crippen molar-refractivity contribution in [2.45, 2.75) is 5.03 Å². The van der Waals surface area contributed by atoms with E-state index in [4.69, 9.17) is 16.3 Å². The number of carbonyl (C=O) groups is 1. The highest BCUT2D eigenvalue weighted by molar-refractivity contribution is 8.00. The Balaban J connectivity index is 2.06. The fraction of sp³-hybridized carbons (Fsp3) is 0.0833. The van der Waals surface area contributed by atoms with E-state index in [0.717, 1.165) is 11.8 Å². The molecule has 9 heteroatoms. The molecule has 3 N–H and O–H groups in total. The van der Waals surface area contributed by atoms with Crippen molar-refractivity contribution < 1.29 is 4.79 Å². The largest absolute Gasteiger partial charge is 0.383 e. The first-order valence-electron chi connectivity index (χ1n) is 5.57. The zero-order chi connectivity index (χ0) is 15.2. The zero-order valence-electron chi connectivity index (χ0n) is 10.5. The van der Waals surface area contributed by atoms with Gasteiger partial charge >= 0.3 is 0 Å². The van der Waals surface area contributed by atoms with Crippen LogP contribution in [0.2, 0.25) is 0 Å². The van der Waals surface area contributed by atoms with Crippen LogP contribution in [0.25, 0.3) is 0 Å². The molecule has 0 unspecified atom stereocenters. The van der Waals surface area contributed by atoms with Crippen molar-refractivity contribution in [2.75, 3.05) is 16.8 Å². The Hall–Kier alpha value is -2.62. The van der Waals surface area contributed by atoms with E-state index in [9.17, 15) is 4.79 Å². The Bertz CT molecular complexity index is 744. The number of anilines is 2. The lowest BCUT2D eigenvalue weighted by Crippen LogP contribution is -2.14. The summed E-state index contributed by atoms with van der Waals surface area (Å²) in [5, 5.41) is 23.1. The quantitative estimate of drug-likeness (QED) is 0.819. The van der Waals surface area contributed by atoms with E-state index in [1.165, 1.54) is 17.4 Å². The standard InChI is InChI=1S/C12H8N6OS2/c13-4-7-3-8(5-14)11(18-10(7)15)21-6-9(19)17-12-16-1-2-20-12/h1-3H,6H2,(H2,15,18)(H,16,17,19). The smallest absolute Gasteiger partial charge is 0.236 e. The fourth-order valence-corrected chi connectivity index (χ4v) is 2.67. The molecule has 104 valence electrons. The van der Waals surface area contributed by atoms with Gasteiger partial charge in [-0.15, -0.1) is 11.3 Å². The first kappa shape index (κ1) is 14.8. The van der Waals surface area contributed by atoms with Crippen LogP contribution in [0.15, 0.2) is 22.7 Å². The van der Waals surface area contributed by atoms with E-state index in [1.807, 2.05) is 12.1 Å². The van der Waals surface area contributed by atoms with E-state index in [0.29, 0.717) is 10.2 Å². The van der Waals surface area contributed by atoms with Crippen molar-refractivity contribution in [2.24, 2.45) is 0 Å². The van der Waals surface area contributed by atoms with Crippen molar-refractivity contribution in [3.8, 4) is 12.1 Å². The van der Waals surface area contributed by atoms with E-state index in [1.54, 1.807) is 11.6 Å². The van der Waals surface area contributed by atoms with Crippen molar-refractivity contribution in [1.82, 2.24) is 9.97 Å². The molecule has 0 saturated heterocycles. The maximum absolute atomic E-state index is 11.7. The molecule has 0 fully saturated rings. The van der Waals surface area contributed by atoms with Gasteiger partial charge in [0.1, 0.15) is 23.0 Å². The van der Waals surface area contributed by atoms with Crippen molar-refractivity contribution >= 4 is 40.0 Å². The molecule has 0 saturated carbocycles. The molecule has 2 aromatic heterocycles. The highest BCUT2D eigenvalue weighted by atomic mass is 32.2. The third kappa shape index (κ3) is 3.69. The van der Waals surface area contributed by atoms with Gasteiger partial charge in [-0.1, -0.05) is 11.8 Å². The average Bonchev–Trinajstić information content (AvgIpc) is 2.98. The molecule has 0 bridgehead atoms. The summed E-state index contributed by atoms with van der Waals surface area (Å²) in [5.74, 6) is -0.157.